The van der Waals surface area contributed by atoms with E-state index in [-0.39, 0.29) is 23.3 Å². The minimum absolute atomic E-state index is 0.178. The van der Waals surface area contributed by atoms with Crippen molar-refractivity contribution in [3.05, 3.63) is 35.4 Å². The Morgan fingerprint density at radius 1 is 1.27 bits per heavy atom. The number of amides is 2. The lowest BCUT2D eigenvalue weighted by Gasteiger charge is -2.19. The summed E-state index contributed by atoms with van der Waals surface area (Å²) in [6.07, 6.45) is 1.87. The molecule has 0 unspecified atom stereocenters. The van der Waals surface area contributed by atoms with Crippen LogP contribution in [0.4, 0.5) is 16.0 Å². The van der Waals surface area contributed by atoms with Crippen molar-refractivity contribution in [3.63, 3.8) is 0 Å². The smallest absolute Gasteiger partial charge is 0.261 e. The van der Waals surface area contributed by atoms with E-state index < -0.39 is 11.7 Å². The highest BCUT2D eigenvalue weighted by atomic mass is 19.1. The number of anilines is 2. The summed E-state index contributed by atoms with van der Waals surface area (Å²) in [7, 11) is 1.68. The molecule has 2 aromatic rings. The monoisotopic (exact) mass is 360 g/mol. The lowest BCUT2D eigenvalue weighted by atomic mass is 9.98. The van der Waals surface area contributed by atoms with Crippen LogP contribution in [0.15, 0.2) is 18.2 Å². The zero-order valence-electron chi connectivity index (χ0n) is 14.7. The molecular weight excluding hydrogens is 339 g/mol. The molecule has 3 rings (SSSR count). The summed E-state index contributed by atoms with van der Waals surface area (Å²) in [4.78, 5) is 28.0. The number of halogens is 1. The van der Waals surface area contributed by atoms with E-state index >= 15 is 0 Å². The summed E-state index contributed by atoms with van der Waals surface area (Å²) in [5, 5.41) is 12.8. The molecule has 0 atom stereocenters. The van der Waals surface area contributed by atoms with Gasteiger partial charge in [0.15, 0.2) is 5.82 Å². The number of hydrogen-bond donors (Lipinski definition) is 3. The van der Waals surface area contributed by atoms with E-state index in [1.165, 1.54) is 23.7 Å². The van der Waals surface area contributed by atoms with Crippen molar-refractivity contribution in [1.82, 2.24) is 20.1 Å². The van der Waals surface area contributed by atoms with Crippen molar-refractivity contribution < 1.29 is 14.0 Å². The van der Waals surface area contributed by atoms with Crippen LogP contribution in [0, 0.1) is 5.82 Å². The van der Waals surface area contributed by atoms with Gasteiger partial charge in [-0.1, -0.05) is 0 Å². The summed E-state index contributed by atoms with van der Waals surface area (Å²) in [5.74, 6) is -0.458. The molecular formula is C17H21FN6O2. The lowest BCUT2D eigenvalue weighted by molar-refractivity contribution is -0.114. The third-order valence-corrected chi connectivity index (χ3v) is 4.24. The van der Waals surface area contributed by atoms with Gasteiger partial charge in [-0.2, -0.15) is 10.1 Å². The van der Waals surface area contributed by atoms with E-state index in [4.69, 9.17) is 0 Å². The normalized spacial score (nSPS) is 14.9. The fourth-order valence-corrected chi connectivity index (χ4v) is 2.92. The highest BCUT2D eigenvalue weighted by Gasteiger charge is 2.22. The van der Waals surface area contributed by atoms with E-state index in [9.17, 15) is 14.0 Å². The van der Waals surface area contributed by atoms with Gasteiger partial charge in [0, 0.05) is 25.6 Å². The van der Waals surface area contributed by atoms with E-state index in [0.717, 1.165) is 32.0 Å². The van der Waals surface area contributed by atoms with E-state index in [1.54, 1.807) is 7.05 Å². The van der Waals surface area contributed by atoms with Gasteiger partial charge in [-0.05, 0) is 44.1 Å². The quantitative estimate of drug-likeness (QED) is 0.769. The molecule has 26 heavy (non-hydrogen) atoms. The van der Waals surface area contributed by atoms with Crippen molar-refractivity contribution >= 4 is 23.5 Å². The molecule has 0 radical (unpaired) electrons. The average Bonchev–Trinajstić information content (AvgIpc) is 2.97. The molecule has 1 saturated heterocycles. The summed E-state index contributed by atoms with van der Waals surface area (Å²) in [6.45, 7) is 3.16. The zero-order chi connectivity index (χ0) is 18.7. The second kappa shape index (κ2) is 7.61. The highest BCUT2D eigenvalue weighted by Crippen LogP contribution is 2.23. The van der Waals surface area contributed by atoms with Gasteiger partial charge in [0.2, 0.25) is 11.9 Å². The molecule has 0 aliphatic carbocycles. The first-order chi connectivity index (χ1) is 12.4. The Morgan fingerprint density at radius 3 is 2.69 bits per heavy atom. The largest absolute Gasteiger partial charge is 0.326 e. The molecule has 1 fully saturated rings. The van der Waals surface area contributed by atoms with Crippen LogP contribution in [-0.2, 0) is 11.8 Å². The number of carbonyl (C=O) groups is 2. The van der Waals surface area contributed by atoms with Crippen molar-refractivity contribution in [2.45, 2.75) is 25.7 Å². The number of rotatable bonds is 4. The summed E-state index contributed by atoms with van der Waals surface area (Å²) in [6, 6.07) is 3.82. The standard InChI is InChI=1S/C17H21FN6O2/c1-10(25)20-12-3-4-14(18)13(9-12)16(26)22-17-21-15(23-24(17)2)11-5-7-19-8-6-11/h3-4,9,11,19H,5-8H2,1-2H3,(H,20,25)(H,21,22,23,26). The molecule has 1 aliphatic rings. The van der Waals surface area contributed by atoms with E-state index in [1.807, 2.05) is 0 Å². The number of hydrogen-bond acceptors (Lipinski definition) is 5. The number of nitrogens with zero attached hydrogens (tertiary/aromatic N) is 3. The van der Waals surface area contributed by atoms with Crippen LogP contribution in [0.3, 0.4) is 0 Å². The predicted molar refractivity (Wildman–Crippen MR) is 94.5 cm³/mol. The van der Waals surface area contributed by atoms with Crippen molar-refractivity contribution in [2.75, 3.05) is 23.7 Å². The maximum Gasteiger partial charge on any atom is 0.261 e. The van der Waals surface area contributed by atoms with Gasteiger partial charge in [0.1, 0.15) is 5.82 Å². The first kappa shape index (κ1) is 18.0. The molecule has 138 valence electrons. The average molecular weight is 360 g/mol. The highest BCUT2D eigenvalue weighted by molar-refractivity contribution is 6.04. The summed E-state index contributed by atoms with van der Waals surface area (Å²) < 4.78 is 15.5. The summed E-state index contributed by atoms with van der Waals surface area (Å²) in [5.41, 5.74) is 0.167. The summed E-state index contributed by atoms with van der Waals surface area (Å²) >= 11 is 0. The van der Waals surface area contributed by atoms with E-state index in [0.29, 0.717) is 11.5 Å². The number of aromatic nitrogens is 3. The minimum atomic E-state index is -0.683. The topological polar surface area (TPSA) is 101 Å². The Balaban J connectivity index is 1.77. The number of benzene rings is 1. The molecule has 1 aliphatic heterocycles. The first-order valence-corrected chi connectivity index (χ1v) is 8.44. The van der Waals surface area contributed by atoms with Gasteiger partial charge < -0.3 is 10.6 Å². The molecule has 3 N–H and O–H groups in total. The van der Waals surface area contributed by atoms with Gasteiger partial charge >= 0.3 is 0 Å². The Bertz CT molecular complexity index is 829. The van der Waals surface area contributed by atoms with Gasteiger partial charge in [-0.25, -0.2) is 9.07 Å². The molecule has 0 spiro atoms. The minimum Gasteiger partial charge on any atom is -0.326 e. The van der Waals surface area contributed by atoms with Crippen molar-refractivity contribution in [2.24, 2.45) is 7.05 Å². The van der Waals surface area contributed by atoms with Crippen molar-refractivity contribution in [1.29, 1.82) is 0 Å². The fourth-order valence-electron chi connectivity index (χ4n) is 2.92. The number of aryl methyl sites for hydroxylation is 1. The molecule has 0 saturated carbocycles. The van der Waals surface area contributed by atoms with Gasteiger partial charge in [-0.3, -0.25) is 14.9 Å². The molecule has 2 heterocycles. The Kier molecular flexibility index (Phi) is 5.27. The molecule has 2 amide bonds. The van der Waals surface area contributed by atoms with Gasteiger partial charge in [0.05, 0.1) is 5.56 Å². The van der Waals surface area contributed by atoms with Crippen LogP contribution in [0.5, 0.6) is 0 Å². The number of carbonyl (C=O) groups excluding carboxylic acids is 2. The second-order valence-electron chi connectivity index (χ2n) is 6.27. The van der Waals surface area contributed by atoms with Crippen LogP contribution in [0.25, 0.3) is 0 Å². The van der Waals surface area contributed by atoms with E-state index in [2.05, 4.69) is 26.0 Å². The molecule has 9 heteroatoms. The van der Waals surface area contributed by atoms with Gasteiger partial charge in [0.25, 0.3) is 5.91 Å². The fraction of sp³-hybridized carbons (Fsp3) is 0.412. The SMILES string of the molecule is CC(=O)Nc1ccc(F)c(C(=O)Nc2nc(C3CCNCC3)nn2C)c1. The molecule has 1 aromatic carbocycles. The Morgan fingerprint density at radius 2 is 2.00 bits per heavy atom. The Hall–Kier alpha value is -2.81. The maximum absolute atomic E-state index is 14.0. The molecule has 1 aromatic heterocycles. The van der Waals surface area contributed by atoms with Crippen LogP contribution in [0.1, 0.15) is 41.9 Å². The van der Waals surface area contributed by atoms with Crippen molar-refractivity contribution in [3.8, 4) is 0 Å². The lowest BCUT2D eigenvalue weighted by Crippen LogP contribution is -2.27. The molecule has 8 nitrogen and oxygen atoms in total. The van der Waals surface area contributed by atoms with Crippen LogP contribution in [0.2, 0.25) is 0 Å². The predicted octanol–water partition coefficient (Wildman–Crippen LogP) is 1.63. The molecule has 0 bridgehead atoms. The zero-order valence-corrected chi connectivity index (χ0v) is 14.7. The second-order valence-corrected chi connectivity index (χ2v) is 6.27. The number of nitrogens with one attached hydrogen (secondary N) is 3. The third kappa shape index (κ3) is 4.05. The number of piperidine rings is 1. The third-order valence-electron chi connectivity index (χ3n) is 4.24. The maximum atomic E-state index is 14.0. The van der Waals surface area contributed by atoms with Crippen LogP contribution < -0.4 is 16.0 Å². The Labute approximate surface area is 150 Å². The first-order valence-electron chi connectivity index (χ1n) is 8.44. The van der Waals surface area contributed by atoms with Gasteiger partial charge in [-0.15, -0.1) is 0 Å². The van der Waals surface area contributed by atoms with Crippen LogP contribution in [-0.4, -0.2) is 39.7 Å². The van der Waals surface area contributed by atoms with Crippen LogP contribution >= 0.6 is 0 Å².